The van der Waals surface area contributed by atoms with Gasteiger partial charge in [0.15, 0.2) is 5.69 Å². The SMILES string of the molecule is NC(=O)c1nc2ccccn2c1C1CCOC1. The van der Waals surface area contributed by atoms with E-state index >= 15 is 0 Å². The lowest BCUT2D eigenvalue weighted by Gasteiger charge is -2.08. The molecular weight excluding hydrogens is 218 g/mol. The lowest BCUT2D eigenvalue weighted by molar-refractivity contribution is 0.0994. The highest BCUT2D eigenvalue weighted by atomic mass is 16.5. The van der Waals surface area contributed by atoms with Crippen molar-refractivity contribution in [2.24, 2.45) is 5.73 Å². The molecule has 2 N–H and O–H groups in total. The lowest BCUT2D eigenvalue weighted by Crippen LogP contribution is -2.16. The molecule has 5 heteroatoms. The molecule has 5 nitrogen and oxygen atoms in total. The van der Waals surface area contributed by atoms with Crippen LogP contribution in [0.4, 0.5) is 0 Å². The van der Waals surface area contributed by atoms with Crippen molar-refractivity contribution < 1.29 is 9.53 Å². The number of nitrogens with zero attached hydrogens (tertiary/aromatic N) is 2. The van der Waals surface area contributed by atoms with Crippen LogP contribution < -0.4 is 5.73 Å². The Balaban J connectivity index is 2.24. The van der Waals surface area contributed by atoms with E-state index in [0.29, 0.717) is 12.3 Å². The molecule has 2 aromatic heterocycles. The molecule has 1 unspecified atom stereocenters. The summed E-state index contributed by atoms with van der Waals surface area (Å²) in [7, 11) is 0. The zero-order valence-electron chi connectivity index (χ0n) is 9.30. The minimum Gasteiger partial charge on any atom is -0.381 e. The van der Waals surface area contributed by atoms with Gasteiger partial charge in [-0.2, -0.15) is 0 Å². The van der Waals surface area contributed by atoms with Crippen LogP contribution in [0.25, 0.3) is 5.65 Å². The van der Waals surface area contributed by atoms with E-state index in [-0.39, 0.29) is 5.92 Å². The highest BCUT2D eigenvalue weighted by Crippen LogP contribution is 2.28. The van der Waals surface area contributed by atoms with E-state index in [1.54, 1.807) is 0 Å². The third-order valence-corrected chi connectivity index (χ3v) is 3.12. The maximum Gasteiger partial charge on any atom is 0.269 e. The molecule has 1 saturated heterocycles. The van der Waals surface area contributed by atoms with Gasteiger partial charge >= 0.3 is 0 Å². The van der Waals surface area contributed by atoms with Gasteiger partial charge in [-0.15, -0.1) is 0 Å². The quantitative estimate of drug-likeness (QED) is 0.836. The first kappa shape index (κ1) is 10.3. The number of pyridine rings is 1. The number of carbonyl (C=O) groups excluding carboxylic acids is 1. The van der Waals surface area contributed by atoms with Crippen LogP contribution in [0.5, 0.6) is 0 Å². The number of imidazole rings is 1. The molecule has 1 aliphatic rings. The lowest BCUT2D eigenvalue weighted by atomic mass is 10.0. The first-order valence-electron chi connectivity index (χ1n) is 5.62. The summed E-state index contributed by atoms with van der Waals surface area (Å²) in [5.41, 5.74) is 7.39. The Morgan fingerprint density at radius 3 is 3.12 bits per heavy atom. The van der Waals surface area contributed by atoms with Crippen LogP contribution in [0, 0.1) is 0 Å². The summed E-state index contributed by atoms with van der Waals surface area (Å²) >= 11 is 0. The molecule has 3 rings (SSSR count). The van der Waals surface area contributed by atoms with Crippen LogP contribution in [0.2, 0.25) is 0 Å². The Labute approximate surface area is 98.2 Å². The molecule has 1 amide bonds. The van der Waals surface area contributed by atoms with Crippen molar-refractivity contribution in [2.75, 3.05) is 13.2 Å². The van der Waals surface area contributed by atoms with Crippen molar-refractivity contribution in [3.05, 3.63) is 35.8 Å². The highest BCUT2D eigenvalue weighted by Gasteiger charge is 2.27. The molecular formula is C12H13N3O2. The van der Waals surface area contributed by atoms with E-state index < -0.39 is 5.91 Å². The van der Waals surface area contributed by atoms with Gasteiger partial charge in [-0.25, -0.2) is 4.98 Å². The Bertz CT molecular complexity index is 570. The number of fused-ring (bicyclic) bond motifs is 1. The fraction of sp³-hybridized carbons (Fsp3) is 0.333. The fourth-order valence-electron chi connectivity index (χ4n) is 2.34. The summed E-state index contributed by atoms with van der Waals surface area (Å²) in [4.78, 5) is 15.7. The first-order valence-corrected chi connectivity index (χ1v) is 5.62. The number of aromatic nitrogens is 2. The van der Waals surface area contributed by atoms with Crippen molar-refractivity contribution in [1.82, 2.24) is 9.38 Å². The molecule has 0 spiro atoms. The zero-order chi connectivity index (χ0) is 11.8. The van der Waals surface area contributed by atoms with Gasteiger partial charge in [-0.05, 0) is 18.6 Å². The third kappa shape index (κ3) is 1.59. The summed E-state index contributed by atoms with van der Waals surface area (Å²) in [5.74, 6) is -0.273. The minimum atomic E-state index is -0.476. The molecule has 0 radical (unpaired) electrons. The topological polar surface area (TPSA) is 69.6 Å². The molecule has 0 aliphatic carbocycles. The van der Waals surface area contributed by atoms with Gasteiger partial charge < -0.3 is 14.9 Å². The van der Waals surface area contributed by atoms with Gasteiger partial charge in [0, 0.05) is 18.7 Å². The van der Waals surface area contributed by atoms with Crippen molar-refractivity contribution in [3.8, 4) is 0 Å². The molecule has 0 aromatic carbocycles. The number of ether oxygens (including phenoxy) is 1. The molecule has 2 aromatic rings. The van der Waals surface area contributed by atoms with Crippen LogP contribution in [0.15, 0.2) is 24.4 Å². The van der Waals surface area contributed by atoms with Crippen molar-refractivity contribution >= 4 is 11.6 Å². The normalized spacial score (nSPS) is 19.9. The van der Waals surface area contributed by atoms with Crippen LogP contribution in [-0.4, -0.2) is 28.5 Å². The van der Waals surface area contributed by atoms with Gasteiger partial charge in [0.1, 0.15) is 5.65 Å². The number of amides is 1. The Hall–Kier alpha value is -1.88. The van der Waals surface area contributed by atoms with Crippen LogP contribution >= 0.6 is 0 Å². The maximum absolute atomic E-state index is 11.5. The van der Waals surface area contributed by atoms with E-state index in [4.69, 9.17) is 10.5 Å². The third-order valence-electron chi connectivity index (χ3n) is 3.12. The van der Waals surface area contributed by atoms with Crippen molar-refractivity contribution in [3.63, 3.8) is 0 Å². The van der Waals surface area contributed by atoms with E-state index in [0.717, 1.165) is 24.4 Å². The summed E-state index contributed by atoms with van der Waals surface area (Å²) in [5, 5.41) is 0. The predicted octanol–water partition coefficient (Wildman–Crippen LogP) is 0.937. The predicted molar refractivity (Wildman–Crippen MR) is 61.9 cm³/mol. The molecule has 3 heterocycles. The smallest absolute Gasteiger partial charge is 0.269 e. The van der Waals surface area contributed by atoms with Crippen molar-refractivity contribution in [2.45, 2.75) is 12.3 Å². The number of carbonyl (C=O) groups is 1. The Kier molecular flexibility index (Phi) is 2.33. The average molecular weight is 231 g/mol. The largest absolute Gasteiger partial charge is 0.381 e. The fourth-order valence-corrected chi connectivity index (χ4v) is 2.34. The van der Waals surface area contributed by atoms with Gasteiger partial charge in [0.2, 0.25) is 0 Å². The van der Waals surface area contributed by atoms with Gasteiger partial charge in [0.25, 0.3) is 5.91 Å². The van der Waals surface area contributed by atoms with Gasteiger partial charge in [0.05, 0.1) is 12.3 Å². The number of rotatable bonds is 2. The monoisotopic (exact) mass is 231 g/mol. The average Bonchev–Trinajstić information content (AvgIpc) is 2.94. The maximum atomic E-state index is 11.5. The molecule has 1 aliphatic heterocycles. The first-order chi connectivity index (χ1) is 8.27. The number of hydrogen-bond acceptors (Lipinski definition) is 3. The molecule has 17 heavy (non-hydrogen) atoms. The second-order valence-electron chi connectivity index (χ2n) is 4.20. The van der Waals surface area contributed by atoms with Crippen molar-refractivity contribution in [1.29, 1.82) is 0 Å². The molecule has 0 saturated carbocycles. The standard InChI is InChI=1S/C12H13N3O2/c13-12(16)10-11(8-4-6-17-7-8)15-5-2-1-3-9(15)14-10/h1-3,5,8H,4,6-7H2,(H2,13,16). The van der Waals surface area contributed by atoms with E-state index in [2.05, 4.69) is 4.98 Å². The summed E-state index contributed by atoms with van der Waals surface area (Å²) < 4.78 is 7.30. The van der Waals surface area contributed by atoms with E-state index in [9.17, 15) is 4.79 Å². The molecule has 1 fully saturated rings. The molecule has 1 atom stereocenters. The zero-order valence-corrected chi connectivity index (χ0v) is 9.30. The van der Waals surface area contributed by atoms with E-state index in [1.165, 1.54) is 0 Å². The second kappa shape index (κ2) is 3.85. The van der Waals surface area contributed by atoms with Gasteiger partial charge in [-0.3, -0.25) is 4.79 Å². The molecule has 88 valence electrons. The van der Waals surface area contributed by atoms with Crippen LogP contribution in [0.1, 0.15) is 28.5 Å². The highest BCUT2D eigenvalue weighted by molar-refractivity contribution is 5.93. The summed E-state index contributed by atoms with van der Waals surface area (Å²) in [6.07, 6.45) is 2.81. The second-order valence-corrected chi connectivity index (χ2v) is 4.20. The number of nitrogens with two attached hydrogens (primary N) is 1. The number of primary amides is 1. The number of hydrogen-bond donors (Lipinski definition) is 1. The van der Waals surface area contributed by atoms with E-state index in [1.807, 2.05) is 28.8 Å². The Morgan fingerprint density at radius 2 is 2.41 bits per heavy atom. The minimum absolute atomic E-state index is 0.204. The van der Waals surface area contributed by atoms with Crippen LogP contribution in [-0.2, 0) is 4.74 Å². The Morgan fingerprint density at radius 1 is 1.53 bits per heavy atom. The molecule has 0 bridgehead atoms. The summed E-state index contributed by atoms with van der Waals surface area (Å²) in [6, 6.07) is 5.67. The van der Waals surface area contributed by atoms with Crippen LogP contribution in [0.3, 0.4) is 0 Å². The van der Waals surface area contributed by atoms with Gasteiger partial charge in [-0.1, -0.05) is 6.07 Å². The summed E-state index contributed by atoms with van der Waals surface area (Å²) in [6.45, 7) is 1.35.